The third-order valence-corrected chi connectivity index (χ3v) is 3.67. The molecule has 2 aromatic rings. The van der Waals surface area contributed by atoms with Crippen LogP contribution in [0.5, 0.6) is 0 Å². The molecule has 0 heterocycles. The zero-order chi connectivity index (χ0) is 14.2. The molecule has 20 heavy (non-hydrogen) atoms. The normalized spacial score (nSPS) is 13.9. The van der Waals surface area contributed by atoms with Crippen LogP contribution in [0.25, 0.3) is 0 Å². The van der Waals surface area contributed by atoms with E-state index in [0.717, 1.165) is 13.0 Å². The molecular weight excluding hydrogens is 246 g/mol. The van der Waals surface area contributed by atoms with Crippen LogP contribution in [0.1, 0.15) is 24.0 Å². The van der Waals surface area contributed by atoms with Crippen molar-refractivity contribution in [1.82, 2.24) is 5.32 Å². The highest BCUT2D eigenvalue weighted by Crippen LogP contribution is 2.22. The summed E-state index contributed by atoms with van der Waals surface area (Å²) in [6.07, 6.45) is 0.925. The number of hydrogen-bond donors (Lipinski definition) is 2. The van der Waals surface area contributed by atoms with Gasteiger partial charge < -0.3 is 10.4 Å². The quantitative estimate of drug-likeness (QED) is 0.810. The maximum Gasteiger partial charge on any atom is 0.0514 e. The number of rotatable bonds is 7. The summed E-state index contributed by atoms with van der Waals surface area (Å²) in [5.41, 5.74) is 2.49. The van der Waals surface area contributed by atoms with Crippen molar-refractivity contribution >= 4 is 0 Å². The highest BCUT2D eigenvalue weighted by Gasteiger charge is 2.21. The fourth-order valence-electron chi connectivity index (χ4n) is 2.65. The second-order valence-corrected chi connectivity index (χ2v) is 5.05. The van der Waals surface area contributed by atoms with E-state index in [1.165, 1.54) is 11.1 Å². The lowest BCUT2D eigenvalue weighted by molar-refractivity contribution is 0.235. The Balaban J connectivity index is 2.17. The number of benzene rings is 2. The number of nitrogens with one attached hydrogen (secondary N) is 1. The molecule has 0 bridgehead atoms. The summed E-state index contributed by atoms with van der Waals surface area (Å²) in [7, 11) is 0. The summed E-state index contributed by atoms with van der Waals surface area (Å²) in [6.45, 7) is 3.17. The Morgan fingerprint density at radius 1 is 0.950 bits per heavy atom. The van der Waals surface area contributed by atoms with Crippen molar-refractivity contribution < 1.29 is 5.11 Å². The van der Waals surface area contributed by atoms with Gasteiger partial charge in [-0.15, -0.1) is 0 Å². The standard InChI is InChI=1S/C18H23NO/c1-2-19-18(13-15-9-5-3-6-10-15)17(14-20)16-11-7-4-8-12-16/h3-12,17-20H,2,13-14H2,1H3. The van der Waals surface area contributed by atoms with Crippen molar-refractivity contribution in [2.45, 2.75) is 25.3 Å². The van der Waals surface area contributed by atoms with Crippen molar-refractivity contribution in [1.29, 1.82) is 0 Å². The summed E-state index contributed by atoms with van der Waals surface area (Å²) < 4.78 is 0. The highest BCUT2D eigenvalue weighted by atomic mass is 16.3. The monoisotopic (exact) mass is 269 g/mol. The molecule has 2 rings (SSSR count). The maximum atomic E-state index is 9.81. The van der Waals surface area contributed by atoms with Gasteiger partial charge in [0, 0.05) is 12.0 Å². The predicted molar refractivity (Wildman–Crippen MR) is 83.9 cm³/mol. The van der Waals surface area contributed by atoms with Crippen molar-refractivity contribution in [3.63, 3.8) is 0 Å². The molecule has 2 unspecified atom stereocenters. The first-order chi connectivity index (χ1) is 9.85. The maximum absolute atomic E-state index is 9.81. The average Bonchev–Trinajstić information content (AvgIpc) is 2.50. The number of aliphatic hydroxyl groups is 1. The fraction of sp³-hybridized carbons (Fsp3) is 0.333. The first-order valence-corrected chi connectivity index (χ1v) is 7.28. The zero-order valence-corrected chi connectivity index (χ0v) is 12.0. The van der Waals surface area contributed by atoms with E-state index < -0.39 is 0 Å². The van der Waals surface area contributed by atoms with Crippen LogP contribution in [-0.2, 0) is 6.42 Å². The zero-order valence-electron chi connectivity index (χ0n) is 12.0. The Morgan fingerprint density at radius 3 is 2.10 bits per heavy atom. The number of hydrogen-bond acceptors (Lipinski definition) is 2. The lowest BCUT2D eigenvalue weighted by atomic mass is 9.88. The van der Waals surface area contributed by atoms with E-state index in [-0.39, 0.29) is 18.6 Å². The van der Waals surface area contributed by atoms with Crippen LogP contribution in [0.3, 0.4) is 0 Å². The molecule has 0 saturated carbocycles. The van der Waals surface area contributed by atoms with Gasteiger partial charge in [0.15, 0.2) is 0 Å². The molecule has 0 aliphatic rings. The lowest BCUT2D eigenvalue weighted by Gasteiger charge is -2.27. The number of likely N-dealkylation sites (N-methyl/N-ethyl adjacent to an activating group) is 1. The van der Waals surface area contributed by atoms with Crippen molar-refractivity contribution in [3.05, 3.63) is 71.8 Å². The van der Waals surface area contributed by atoms with E-state index in [2.05, 4.69) is 48.6 Å². The van der Waals surface area contributed by atoms with Crippen LogP contribution >= 0.6 is 0 Å². The molecule has 0 spiro atoms. The highest BCUT2D eigenvalue weighted by molar-refractivity contribution is 5.24. The largest absolute Gasteiger partial charge is 0.396 e. The van der Waals surface area contributed by atoms with Crippen molar-refractivity contribution in [3.8, 4) is 0 Å². The fourth-order valence-corrected chi connectivity index (χ4v) is 2.65. The minimum atomic E-state index is 0.122. The van der Waals surface area contributed by atoms with Crippen LogP contribution in [-0.4, -0.2) is 24.3 Å². The molecule has 0 radical (unpaired) electrons. The molecule has 0 aliphatic carbocycles. The minimum Gasteiger partial charge on any atom is -0.396 e. The Hall–Kier alpha value is -1.64. The third kappa shape index (κ3) is 3.92. The summed E-state index contributed by atoms with van der Waals surface area (Å²) >= 11 is 0. The van der Waals surface area contributed by atoms with Gasteiger partial charge >= 0.3 is 0 Å². The van der Waals surface area contributed by atoms with Gasteiger partial charge in [-0.3, -0.25) is 0 Å². The first kappa shape index (κ1) is 14.8. The van der Waals surface area contributed by atoms with Crippen molar-refractivity contribution in [2.75, 3.05) is 13.2 Å². The summed E-state index contributed by atoms with van der Waals surface area (Å²) in [6, 6.07) is 21.0. The van der Waals surface area contributed by atoms with Gasteiger partial charge in [-0.1, -0.05) is 67.6 Å². The lowest BCUT2D eigenvalue weighted by Crippen LogP contribution is -2.38. The Morgan fingerprint density at radius 2 is 1.55 bits per heavy atom. The predicted octanol–water partition coefficient (Wildman–Crippen LogP) is 2.98. The molecule has 0 fully saturated rings. The van der Waals surface area contributed by atoms with Crippen LogP contribution < -0.4 is 5.32 Å². The molecule has 2 N–H and O–H groups in total. The SMILES string of the molecule is CCNC(Cc1ccccc1)C(CO)c1ccccc1. The van der Waals surface area contributed by atoms with Gasteiger partial charge in [-0.05, 0) is 24.1 Å². The van der Waals surface area contributed by atoms with E-state index in [1.54, 1.807) is 0 Å². The second kappa shape index (κ2) is 7.83. The van der Waals surface area contributed by atoms with Gasteiger partial charge in [0.05, 0.1) is 6.61 Å². The van der Waals surface area contributed by atoms with E-state index >= 15 is 0 Å². The van der Waals surface area contributed by atoms with Gasteiger partial charge in [-0.25, -0.2) is 0 Å². The van der Waals surface area contributed by atoms with E-state index in [9.17, 15) is 5.11 Å². The van der Waals surface area contributed by atoms with Crippen molar-refractivity contribution in [2.24, 2.45) is 0 Å². The summed E-state index contributed by atoms with van der Waals surface area (Å²) in [5.74, 6) is 0.122. The number of aliphatic hydroxyl groups excluding tert-OH is 1. The Kier molecular flexibility index (Phi) is 5.78. The Labute approximate surface area is 121 Å². The van der Waals surface area contributed by atoms with Gasteiger partial charge in [-0.2, -0.15) is 0 Å². The molecule has 2 atom stereocenters. The average molecular weight is 269 g/mol. The van der Waals surface area contributed by atoms with Crippen LogP contribution in [0.15, 0.2) is 60.7 Å². The molecule has 2 nitrogen and oxygen atoms in total. The molecule has 0 aromatic heterocycles. The molecule has 106 valence electrons. The van der Waals surface area contributed by atoms with Gasteiger partial charge in [0.25, 0.3) is 0 Å². The van der Waals surface area contributed by atoms with Gasteiger partial charge in [0.1, 0.15) is 0 Å². The third-order valence-electron chi connectivity index (χ3n) is 3.67. The van der Waals surface area contributed by atoms with E-state index in [0.29, 0.717) is 0 Å². The van der Waals surface area contributed by atoms with Crippen LogP contribution in [0.4, 0.5) is 0 Å². The molecule has 2 aromatic carbocycles. The van der Waals surface area contributed by atoms with Crippen LogP contribution in [0, 0.1) is 0 Å². The van der Waals surface area contributed by atoms with E-state index in [1.807, 2.05) is 24.3 Å². The summed E-state index contributed by atoms with van der Waals surface area (Å²) in [5, 5.41) is 13.3. The van der Waals surface area contributed by atoms with E-state index in [4.69, 9.17) is 0 Å². The molecule has 2 heteroatoms. The minimum absolute atomic E-state index is 0.122. The Bertz CT molecular complexity index is 483. The molecule has 0 amide bonds. The summed E-state index contributed by atoms with van der Waals surface area (Å²) in [4.78, 5) is 0. The molecule has 0 saturated heterocycles. The topological polar surface area (TPSA) is 32.3 Å². The van der Waals surface area contributed by atoms with Gasteiger partial charge in [0.2, 0.25) is 0 Å². The first-order valence-electron chi connectivity index (χ1n) is 7.28. The smallest absolute Gasteiger partial charge is 0.0514 e. The van der Waals surface area contributed by atoms with Crippen LogP contribution in [0.2, 0.25) is 0 Å². The molecular formula is C18H23NO. The second-order valence-electron chi connectivity index (χ2n) is 5.05. The molecule has 0 aliphatic heterocycles.